The highest BCUT2D eigenvalue weighted by molar-refractivity contribution is 7.12. The average Bonchev–Trinajstić information content (AvgIpc) is 3.30. The predicted molar refractivity (Wildman–Crippen MR) is 99.4 cm³/mol. The monoisotopic (exact) mass is 403 g/mol. The molecule has 0 spiro atoms. The fraction of sp³-hybridized carbons (Fsp3) is 0.105. The summed E-state index contributed by atoms with van der Waals surface area (Å²) in [7, 11) is 0. The molecule has 4 rings (SSSR count). The number of rotatable bonds is 4. The minimum absolute atomic E-state index is 0.187. The Bertz CT molecular complexity index is 1220. The second-order valence-corrected chi connectivity index (χ2v) is 7.03. The number of benzene rings is 1. The van der Waals surface area contributed by atoms with Gasteiger partial charge in [-0.25, -0.2) is 9.78 Å². The number of alkyl halides is 3. The first kappa shape index (κ1) is 18.2. The molecule has 4 aromatic rings. The Kier molecular flexibility index (Phi) is 4.38. The molecule has 1 N–H and O–H groups in total. The number of H-pyrrole nitrogens is 1. The maximum Gasteiger partial charge on any atom is 0.416 e. The summed E-state index contributed by atoms with van der Waals surface area (Å²) >= 11 is 1.27. The zero-order valence-corrected chi connectivity index (χ0v) is 15.0. The molecule has 0 aliphatic heterocycles. The Morgan fingerprint density at radius 1 is 1.14 bits per heavy atom. The third-order valence-electron chi connectivity index (χ3n) is 4.25. The van der Waals surface area contributed by atoms with E-state index < -0.39 is 17.4 Å². The lowest BCUT2D eigenvalue weighted by Gasteiger charge is -2.09. The van der Waals surface area contributed by atoms with Gasteiger partial charge < -0.3 is 0 Å². The Hall–Kier alpha value is -3.20. The molecule has 28 heavy (non-hydrogen) atoms. The van der Waals surface area contributed by atoms with Gasteiger partial charge in [-0.1, -0.05) is 18.2 Å². The first-order chi connectivity index (χ1) is 13.3. The molecule has 9 heteroatoms. The minimum Gasteiger partial charge on any atom is -0.291 e. The maximum absolute atomic E-state index is 13.0. The first-order valence-electron chi connectivity index (χ1n) is 8.16. The standard InChI is InChI=1S/C19H12F3N3O2S/c20-19(21,22)13-4-1-3-11(7-13)12-8-14-17(23-9-12)24-18(27)25(14)10-15(26)16-5-2-6-28-16/h1-9H,10H2,(H,23,24,27). The third kappa shape index (κ3) is 3.36. The van der Waals surface area contributed by atoms with E-state index in [1.165, 1.54) is 34.2 Å². The Balaban J connectivity index is 1.77. The van der Waals surface area contributed by atoms with E-state index in [-0.39, 0.29) is 18.0 Å². The van der Waals surface area contributed by atoms with Crippen molar-refractivity contribution >= 4 is 28.3 Å². The highest BCUT2D eigenvalue weighted by atomic mass is 32.1. The average molecular weight is 403 g/mol. The number of hydrogen-bond donors (Lipinski definition) is 1. The molecule has 0 atom stereocenters. The van der Waals surface area contributed by atoms with Crippen LogP contribution in [0.5, 0.6) is 0 Å². The van der Waals surface area contributed by atoms with Crippen molar-refractivity contribution in [2.24, 2.45) is 0 Å². The van der Waals surface area contributed by atoms with Gasteiger partial charge in [-0.2, -0.15) is 13.2 Å². The van der Waals surface area contributed by atoms with Crippen LogP contribution < -0.4 is 5.69 Å². The summed E-state index contributed by atoms with van der Waals surface area (Å²) in [5.74, 6) is -0.234. The van der Waals surface area contributed by atoms with Gasteiger partial charge in [0.25, 0.3) is 0 Å². The van der Waals surface area contributed by atoms with Crippen LogP contribution >= 0.6 is 11.3 Å². The van der Waals surface area contributed by atoms with Gasteiger partial charge in [0.05, 0.1) is 22.5 Å². The number of imidazole rings is 1. The second kappa shape index (κ2) is 6.75. The fourth-order valence-corrected chi connectivity index (χ4v) is 3.54. The summed E-state index contributed by atoms with van der Waals surface area (Å²) in [4.78, 5) is 31.8. The number of pyridine rings is 1. The molecule has 0 saturated carbocycles. The number of aromatic amines is 1. The van der Waals surface area contributed by atoms with Crippen molar-refractivity contribution in [1.82, 2.24) is 14.5 Å². The van der Waals surface area contributed by atoms with Gasteiger partial charge in [0.1, 0.15) is 0 Å². The third-order valence-corrected chi connectivity index (χ3v) is 5.16. The number of carbonyl (C=O) groups excluding carboxylic acids is 1. The van der Waals surface area contributed by atoms with Crippen LogP contribution in [0, 0.1) is 0 Å². The summed E-state index contributed by atoms with van der Waals surface area (Å²) in [5, 5.41) is 1.76. The minimum atomic E-state index is -4.46. The second-order valence-electron chi connectivity index (χ2n) is 6.09. The molecule has 0 bridgehead atoms. The van der Waals surface area contributed by atoms with Crippen molar-refractivity contribution in [1.29, 1.82) is 0 Å². The molecular formula is C19H12F3N3O2S. The molecule has 5 nitrogen and oxygen atoms in total. The van der Waals surface area contributed by atoms with Crippen LogP contribution in [0.25, 0.3) is 22.3 Å². The lowest BCUT2D eigenvalue weighted by Crippen LogP contribution is -2.21. The predicted octanol–water partition coefficient (Wildman–Crippen LogP) is 4.35. The molecule has 0 fully saturated rings. The smallest absolute Gasteiger partial charge is 0.291 e. The van der Waals surface area contributed by atoms with Crippen molar-refractivity contribution in [3.05, 3.63) is 75.0 Å². The molecule has 0 aliphatic carbocycles. The Morgan fingerprint density at radius 2 is 1.96 bits per heavy atom. The van der Waals surface area contributed by atoms with Crippen LogP contribution in [-0.4, -0.2) is 20.3 Å². The molecule has 1 aromatic carbocycles. The van der Waals surface area contributed by atoms with Gasteiger partial charge in [0, 0.05) is 11.8 Å². The normalized spacial score (nSPS) is 11.8. The van der Waals surface area contributed by atoms with E-state index in [2.05, 4.69) is 9.97 Å². The van der Waals surface area contributed by atoms with Gasteiger partial charge in [-0.05, 0) is 35.2 Å². The van der Waals surface area contributed by atoms with Crippen LogP contribution in [0.3, 0.4) is 0 Å². The molecule has 0 unspecified atom stereocenters. The number of thiophene rings is 1. The summed E-state index contributed by atoms with van der Waals surface area (Å²) < 4.78 is 40.2. The van der Waals surface area contributed by atoms with E-state index >= 15 is 0 Å². The van der Waals surface area contributed by atoms with Crippen molar-refractivity contribution in [2.75, 3.05) is 0 Å². The highest BCUT2D eigenvalue weighted by Gasteiger charge is 2.30. The summed E-state index contributed by atoms with van der Waals surface area (Å²) in [5.41, 5.74) is 0.0616. The van der Waals surface area contributed by atoms with Crippen LogP contribution in [0.15, 0.2) is 58.8 Å². The van der Waals surface area contributed by atoms with Crippen molar-refractivity contribution < 1.29 is 18.0 Å². The number of fused-ring (bicyclic) bond motifs is 1. The lowest BCUT2D eigenvalue weighted by molar-refractivity contribution is -0.137. The lowest BCUT2D eigenvalue weighted by atomic mass is 10.0. The molecule has 0 amide bonds. The summed E-state index contributed by atoms with van der Waals surface area (Å²) in [6.45, 7) is -0.187. The van der Waals surface area contributed by atoms with Crippen molar-refractivity contribution in [3.63, 3.8) is 0 Å². The molecule has 0 saturated heterocycles. The number of carbonyl (C=O) groups is 1. The molecule has 3 aromatic heterocycles. The molecule has 142 valence electrons. The van der Waals surface area contributed by atoms with Crippen molar-refractivity contribution in [3.8, 4) is 11.1 Å². The van der Waals surface area contributed by atoms with E-state index in [9.17, 15) is 22.8 Å². The number of nitrogens with one attached hydrogen (secondary N) is 1. The van der Waals surface area contributed by atoms with Crippen LogP contribution in [0.2, 0.25) is 0 Å². The summed E-state index contributed by atoms with van der Waals surface area (Å²) in [6, 6.07) is 9.81. The zero-order chi connectivity index (χ0) is 19.9. The zero-order valence-electron chi connectivity index (χ0n) is 14.2. The number of halogens is 3. The largest absolute Gasteiger partial charge is 0.416 e. The maximum atomic E-state index is 13.0. The van der Waals surface area contributed by atoms with Gasteiger partial charge in [-0.3, -0.25) is 14.3 Å². The van der Waals surface area contributed by atoms with Gasteiger partial charge >= 0.3 is 11.9 Å². The number of nitrogens with zero attached hydrogens (tertiary/aromatic N) is 2. The van der Waals surface area contributed by atoms with Gasteiger partial charge in [0.15, 0.2) is 11.4 Å². The SMILES string of the molecule is O=C(Cn1c(=O)[nH]c2ncc(-c3cccc(C(F)(F)F)c3)cc21)c1cccs1. The number of Topliss-reactive ketones (excluding diaryl/α,β-unsaturated/α-hetero) is 1. The number of hydrogen-bond acceptors (Lipinski definition) is 4. The van der Waals surface area contributed by atoms with Crippen LogP contribution in [-0.2, 0) is 12.7 Å². The molecule has 3 heterocycles. The summed E-state index contributed by atoms with van der Waals surface area (Å²) in [6.07, 6.45) is -3.07. The van der Waals surface area contributed by atoms with Crippen LogP contribution in [0.1, 0.15) is 15.2 Å². The van der Waals surface area contributed by atoms with Crippen molar-refractivity contribution in [2.45, 2.75) is 12.7 Å². The van der Waals surface area contributed by atoms with E-state index in [4.69, 9.17) is 0 Å². The number of aromatic nitrogens is 3. The topological polar surface area (TPSA) is 67.8 Å². The van der Waals surface area contributed by atoms with E-state index in [0.717, 1.165) is 12.1 Å². The molecular weight excluding hydrogens is 391 g/mol. The Labute approximate surface area is 160 Å². The van der Waals surface area contributed by atoms with Gasteiger partial charge in [0.2, 0.25) is 0 Å². The quantitative estimate of drug-likeness (QED) is 0.515. The molecule has 0 radical (unpaired) electrons. The fourth-order valence-electron chi connectivity index (χ4n) is 2.88. The number of ketones is 1. The van der Waals surface area contributed by atoms with E-state index in [0.29, 0.717) is 21.5 Å². The Morgan fingerprint density at radius 3 is 2.68 bits per heavy atom. The first-order valence-corrected chi connectivity index (χ1v) is 9.04. The highest BCUT2D eigenvalue weighted by Crippen LogP contribution is 2.32. The molecule has 0 aliphatic rings. The van der Waals surface area contributed by atoms with Crippen LogP contribution in [0.4, 0.5) is 13.2 Å². The van der Waals surface area contributed by atoms with E-state index in [1.807, 2.05) is 0 Å². The van der Waals surface area contributed by atoms with Gasteiger partial charge in [-0.15, -0.1) is 11.3 Å². The van der Waals surface area contributed by atoms with E-state index in [1.54, 1.807) is 23.6 Å².